The summed E-state index contributed by atoms with van der Waals surface area (Å²) >= 11 is 0. The fraction of sp³-hybridized carbons (Fsp3) is 0.125. The Hall–Kier alpha value is -7.17. The minimum Gasteiger partial charge on any atom is -0.354 e. The molecule has 8 aromatic carbocycles. The molecule has 0 saturated heterocycles. The van der Waals surface area contributed by atoms with Gasteiger partial charge in [0.25, 0.3) is 0 Å². The normalized spacial score (nSPS) is 13.2. The predicted octanol–water partition coefficient (Wildman–Crippen LogP) is 14.8. The number of hydrogen-bond donors (Lipinski definition) is 1. The van der Waals surface area contributed by atoms with Crippen molar-refractivity contribution in [1.29, 1.82) is 0 Å². The number of benzene rings is 8. The Morgan fingerprint density at radius 2 is 1.32 bits per heavy atom. The molecule has 0 bridgehead atoms. The molecule has 0 fully saturated rings. The SMILES string of the molecule is [2H]C([2H])([2H])c1ccc(-n2c(-c3cccc4c3[nH]c3ccccc34)nc3c(-c4ccc5c6cc(C(C)(C)c7ccccc7)ccc6n(-c6cccc(C(C)C)c6)c5c4)cccc32)cc1. The van der Waals surface area contributed by atoms with E-state index in [1.807, 2.05) is 18.2 Å². The van der Waals surface area contributed by atoms with Crippen LogP contribution in [0.1, 0.15) is 60.0 Å². The number of rotatable bonds is 7. The summed E-state index contributed by atoms with van der Waals surface area (Å²) in [7, 11) is 0. The first-order valence-corrected chi connectivity index (χ1v) is 20.8. The second-order valence-electron chi connectivity index (χ2n) is 16.9. The van der Waals surface area contributed by atoms with E-state index in [2.05, 4.69) is 187 Å². The van der Waals surface area contributed by atoms with E-state index in [9.17, 15) is 0 Å². The van der Waals surface area contributed by atoms with E-state index in [1.165, 1.54) is 27.5 Å². The smallest absolute Gasteiger partial charge is 0.147 e. The molecule has 4 heteroatoms. The zero-order valence-corrected chi connectivity index (χ0v) is 34.2. The predicted molar refractivity (Wildman–Crippen MR) is 253 cm³/mol. The molecule has 11 aromatic rings. The van der Waals surface area contributed by atoms with E-state index in [-0.39, 0.29) is 5.41 Å². The van der Waals surface area contributed by atoms with Gasteiger partial charge in [-0.25, -0.2) is 4.98 Å². The van der Waals surface area contributed by atoms with Gasteiger partial charge >= 0.3 is 0 Å². The Bertz CT molecular complexity index is 3550. The van der Waals surface area contributed by atoms with Gasteiger partial charge in [-0.15, -0.1) is 0 Å². The van der Waals surface area contributed by atoms with Gasteiger partial charge in [0.05, 0.1) is 27.6 Å². The molecule has 3 aromatic heterocycles. The minimum atomic E-state index is -2.21. The van der Waals surface area contributed by atoms with Crippen LogP contribution in [0.5, 0.6) is 0 Å². The molecule has 60 heavy (non-hydrogen) atoms. The van der Waals surface area contributed by atoms with Crippen LogP contribution in [0.2, 0.25) is 0 Å². The number of aromatic amines is 1. The molecule has 290 valence electrons. The Morgan fingerprint density at radius 1 is 0.550 bits per heavy atom. The van der Waals surface area contributed by atoms with Gasteiger partial charge in [-0.3, -0.25) is 4.57 Å². The monoisotopic (exact) mass is 777 g/mol. The molecule has 0 aliphatic carbocycles. The summed E-state index contributed by atoms with van der Waals surface area (Å²) in [4.78, 5) is 9.25. The van der Waals surface area contributed by atoms with Crippen LogP contribution in [0.15, 0.2) is 176 Å². The molecular formula is C56H46N4. The molecule has 11 rings (SSSR count). The van der Waals surface area contributed by atoms with E-state index in [0.717, 1.165) is 77.8 Å². The third kappa shape index (κ3) is 5.62. The van der Waals surface area contributed by atoms with E-state index < -0.39 is 6.85 Å². The molecule has 1 N–H and O–H groups in total. The highest BCUT2D eigenvalue weighted by Gasteiger charge is 2.26. The highest BCUT2D eigenvalue weighted by Crippen LogP contribution is 2.42. The minimum absolute atomic E-state index is 0.197. The maximum Gasteiger partial charge on any atom is 0.147 e. The van der Waals surface area contributed by atoms with Gasteiger partial charge in [0.1, 0.15) is 5.82 Å². The summed E-state index contributed by atoms with van der Waals surface area (Å²) in [5, 5.41) is 4.67. The molecule has 4 nitrogen and oxygen atoms in total. The highest BCUT2D eigenvalue weighted by molar-refractivity contribution is 6.13. The van der Waals surface area contributed by atoms with Crippen molar-refractivity contribution in [3.8, 4) is 33.9 Å². The van der Waals surface area contributed by atoms with Crippen molar-refractivity contribution in [3.63, 3.8) is 0 Å². The van der Waals surface area contributed by atoms with Gasteiger partial charge in [0.15, 0.2) is 0 Å². The molecule has 0 saturated carbocycles. The summed E-state index contributed by atoms with van der Waals surface area (Å²) < 4.78 is 28.8. The first kappa shape index (κ1) is 32.7. The number of H-pyrrole nitrogens is 1. The van der Waals surface area contributed by atoms with Crippen LogP contribution in [0.4, 0.5) is 0 Å². The first-order valence-electron chi connectivity index (χ1n) is 22.3. The van der Waals surface area contributed by atoms with Crippen LogP contribution >= 0.6 is 0 Å². The van der Waals surface area contributed by atoms with Crippen LogP contribution < -0.4 is 0 Å². The van der Waals surface area contributed by atoms with Crippen LogP contribution in [-0.4, -0.2) is 19.1 Å². The molecule has 3 heterocycles. The lowest BCUT2D eigenvalue weighted by Crippen LogP contribution is -2.18. The summed E-state index contributed by atoms with van der Waals surface area (Å²) in [5.41, 5.74) is 15.1. The van der Waals surface area contributed by atoms with Crippen molar-refractivity contribution in [1.82, 2.24) is 19.1 Å². The number of nitrogens with zero attached hydrogens (tertiary/aromatic N) is 3. The fourth-order valence-corrected chi connectivity index (χ4v) is 9.34. The Balaban J connectivity index is 1.16. The van der Waals surface area contributed by atoms with Gasteiger partial charge in [0, 0.05) is 59.1 Å². The van der Waals surface area contributed by atoms with E-state index in [0.29, 0.717) is 11.5 Å². The molecule has 0 amide bonds. The third-order valence-corrected chi connectivity index (χ3v) is 12.7. The van der Waals surface area contributed by atoms with Gasteiger partial charge in [-0.2, -0.15) is 0 Å². The van der Waals surface area contributed by atoms with Gasteiger partial charge in [-0.1, -0.05) is 149 Å². The fourth-order valence-electron chi connectivity index (χ4n) is 9.34. The lowest BCUT2D eigenvalue weighted by atomic mass is 9.78. The molecule has 0 radical (unpaired) electrons. The lowest BCUT2D eigenvalue weighted by molar-refractivity contribution is 0.642. The molecule has 0 aliphatic heterocycles. The van der Waals surface area contributed by atoms with Gasteiger partial charge < -0.3 is 9.55 Å². The Morgan fingerprint density at radius 3 is 2.15 bits per heavy atom. The number of imidazole rings is 1. The standard InChI is InChI=1S/C56H46N4/c1-35(2)37-14-11-17-42(32-37)59-50-31-27-40(56(4,5)39-15-7-6-8-16-39)34-48(50)45-30-26-38(33-52(45)59)43-19-13-23-51-54(43)58-55(60(51)41-28-24-36(3)25-29-41)47-21-12-20-46-44-18-9-10-22-49(44)57-53(46)47/h6-35,57H,1-5H3/i3D3. The summed E-state index contributed by atoms with van der Waals surface area (Å²) in [5.74, 6) is 1.15. The van der Waals surface area contributed by atoms with Crippen LogP contribution in [0, 0.1) is 6.85 Å². The van der Waals surface area contributed by atoms with Crippen molar-refractivity contribution < 1.29 is 4.11 Å². The Labute approximate surface area is 354 Å². The summed E-state index contributed by atoms with van der Waals surface area (Å²) in [6.07, 6.45) is 0. The van der Waals surface area contributed by atoms with E-state index in [4.69, 9.17) is 9.10 Å². The zero-order chi connectivity index (χ0) is 43.2. The molecule has 0 atom stereocenters. The van der Waals surface area contributed by atoms with Crippen molar-refractivity contribution in [2.45, 2.75) is 45.9 Å². The number of nitrogens with one attached hydrogen (secondary N) is 1. The van der Waals surface area contributed by atoms with Crippen molar-refractivity contribution in [2.75, 3.05) is 0 Å². The molecule has 0 aliphatic rings. The van der Waals surface area contributed by atoms with Gasteiger partial charge in [0.2, 0.25) is 0 Å². The second kappa shape index (κ2) is 13.7. The van der Waals surface area contributed by atoms with E-state index in [1.54, 1.807) is 12.1 Å². The van der Waals surface area contributed by atoms with Crippen LogP contribution in [0.25, 0.3) is 88.5 Å². The Kier molecular flexibility index (Phi) is 7.48. The maximum absolute atomic E-state index is 8.07. The van der Waals surface area contributed by atoms with Crippen LogP contribution in [0.3, 0.4) is 0 Å². The van der Waals surface area contributed by atoms with Crippen LogP contribution in [-0.2, 0) is 5.41 Å². The summed E-state index contributed by atoms with van der Waals surface area (Å²) in [6, 6.07) is 61.8. The lowest BCUT2D eigenvalue weighted by Gasteiger charge is -2.26. The number of hydrogen-bond acceptors (Lipinski definition) is 1. The molecule has 0 spiro atoms. The van der Waals surface area contributed by atoms with Gasteiger partial charge in [-0.05, 0) is 95.7 Å². The molecule has 0 unspecified atom stereocenters. The largest absolute Gasteiger partial charge is 0.354 e. The second-order valence-corrected chi connectivity index (χ2v) is 16.9. The van der Waals surface area contributed by atoms with Crippen molar-refractivity contribution in [3.05, 3.63) is 198 Å². The number of aromatic nitrogens is 4. The zero-order valence-electron chi connectivity index (χ0n) is 37.2. The van der Waals surface area contributed by atoms with Crippen molar-refractivity contribution in [2.24, 2.45) is 0 Å². The quantitative estimate of drug-likeness (QED) is 0.172. The van der Waals surface area contributed by atoms with E-state index >= 15 is 0 Å². The first-order chi connectivity index (χ1) is 30.5. The topological polar surface area (TPSA) is 38.5 Å². The molecular weight excluding hydrogens is 729 g/mol. The summed E-state index contributed by atoms with van der Waals surface area (Å²) in [6.45, 7) is 6.89. The average Bonchev–Trinajstić information content (AvgIpc) is 3.98. The number of fused-ring (bicyclic) bond motifs is 7. The maximum atomic E-state index is 8.07. The van der Waals surface area contributed by atoms with Crippen molar-refractivity contribution >= 4 is 54.6 Å². The number of aryl methyl sites for hydroxylation is 1. The third-order valence-electron chi connectivity index (χ3n) is 12.7. The average molecular weight is 778 g/mol. The highest BCUT2D eigenvalue weighted by atomic mass is 15.1. The number of para-hydroxylation sites is 3.